The van der Waals surface area contributed by atoms with E-state index < -0.39 is 0 Å². The first kappa shape index (κ1) is 20.3. The van der Waals surface area contributed by atoms with Gasteiger partial charge in [-0.2, -0.15) is 5.10 Å². The molecule has 0 unspecified atom stereocenters. The lowest BCUT2D eigenvalue weighted by atomic mass is 10.3. The number of nitrogens with zero attached hydrogens (tertiary/aromatic N) is 2. The van der Waals surface area contributed by atoms with Gasteiger partial charge in [0.25, 0.3) is 5.91 Å². The van der Waals surface area contributed by atoms with Crippen molar-refractivity contribution < 1.29 is 13.9 Å². The number of carbonyl (C=O) groups excluding carboxylic acids is 1. The number of amides is 1. The summed E-state index contributed by atoms with van der Waals surface area (Å²) in [7, 11) is 0. The Morgan fingerprint density at radius 3 is 2.82 bits per heavy atom. The lowest BCUT2D eigenvalue weighted by molar-refractivity contribution is 0.0921. The van der Waals surface area contributed by atoms with Crippen LogP contribution in [0.25, 0.3) is 0 Å². The molecule has 8 heteroatoms. The van der Waals surface area contributed by atoms with E-state index in [4.69, 9.17) is 32.4 Å². The van der Waals surface area contributed by atoms with Crippen molar-refractivity contribution in [3.63, 3.8) is 0 Å². The Morgan fingerprint density at radius 1 is 1.25 bits per heavy atom. The molecule has 0 radical (unpaired) electrons. The number of hydrogen-bond donors (Lipinski definition) is 1. The first-order valence-corrected chi connectivity index (χ1v) is 9.64. The van der Waals surface area contributed by atoms with Gasteiger partial charge in [0.05, 0.1) is 10.7 Å². The zero-order valence-electron chi connectivity index (χ0n) is 15.7. The highest BCUT2D eigenvalue weighted by atomic mass is 35.5. The Bertz CT molecular complexity index is 966. The number of halogens is 2. The van der Waals surface area contributed by atoms with E-state index in [1.165, 1.54) is 0 Å². The fourth-order valence-electron chi connectivity index (χ4n) is 2.74. The Labute approximate surface area is 173 Å². The predicted molar refractivity (Wildman–Crippen MR) is 108 cm³/mol. The van der Waals surface area contributed by atoms with Crippen molar-refractivity contribution in [2.24, 2.45) is 0 Å². The number of hydrogen-bond acceptors (Lipinski definition) is 4. The number of benzene rings is 1. The van der Waals surface area contributed by atoms with Crippen LogP contribution < -0.4 is 10.1 Å². The van der Waals surface area contributed by atoms with E-state index >= 15 is 0 Å². The van der Waals surface area contributed by atoms with Gasteiger partial charge in [0, 0.05) is 18.8 Å². The van der Waals surface area contributed by atoms with Gasteiger partial charge in [-0.15, -0.1) is 0 Å². The Balaban J connectivity index is 1.46. The number of furan rings is 1. The van der Waals surface area contributed by atoms with Crippen LogP contribution in [0.2, 0.25) is 10.0 Å². The van der Waals surface area contributed by atoms with E-state index in [2.05, 4.69) is 10.4 Å². The summed E-state index contributed by atoms with van der Waals surface area (Å²) in [5, 5.41) is 8.00. The number of rotatable bonds is 8. The van der Waals surface area contributed by atoms with Crippen LogP contribution in [0.1, 0.15) is 34.1 Å². The number of aromatic nitrogens is 2. The van der Waals surface area contributed by atoms with Gasteiger partial charge < -0.3 is 14.5 Å². The molecule has 148 valence electrons. The molecule has 1 aromatic carbocycles. The van der Waals surface area contributed by atoms with Gasteiger partial charge in [0.2, 0.25) is 0 Å². The number of ether oxygens (including phenoxy) is 1. The van der Waals surface area contributed by atoms with Crippen molar-refractivity contribution in [1.82, 2.24) is 15.1 Å². The maximum Gasteiger partial charge on any atom is 0.286 e. The van der Waals surface area contributed by atoms with E-state index in [9.17, 15) is 4.79 Å². The molecule has 2 aromatic heterocycles. The van der Waals surface area contributed by atoms with Crippen LogP contribution in [-0.2, 0) is 13.2 Å². The third-order valence-corrected chi connectivity index (χ3v) is 4.91. The van der Waals surface area contributed by atoms with Crippen molar-refractivity contribution in [2.75, 3.05) is 6.54 Å². The van der Waals surface area contributed by atoms with Crippen molar-refractivity contribution in [1.29, 1.82) is 0 Å². The fraction of sp³-hybridized carbons (Fsp3) is 0.300. The minimum absolute atomic E-state index is 0.144. The second-order valence-corrected chi connectivity index (χ2v) is 7.15. The van der Waals surface area contributed by atoms with E-state index in [-0.39, 0.29) is 18.3 Å². The van der Waals surface area contributed by atoms with Crippen LogP contribution in [0.15, 0.2) is 40.8 Å². The summed E-state index contributed by atoms with van der Waals surface area (Å²) < 4.78 is 13.1. The third-order valence-electron chi connectivity index (χ3n) is 4.11. The van der Waals surface area contributed by atoms with Gasteiger partial charge in [0.1, 0.15) is 23.1 Å². The minimum atomic E-state index is -0.264. The van der Waals surface area contributed by atoms with Gasteiger partial charge in [-0.3, -0.25) is 9.48 Å². The molecule has 28 heavy (non-hydrogen) atoms. The van der Waals surface area contributed by atoms with Crippen LogP contribution in [0.4, 0.5) is 0 Å². The van der Waals surface area contributed by atoms with Gasteiger partial charge in [-0.1, -0.05) is 29.3 Å². The number of nitrogens with one attached hydrogen (secondary N) is 1. The molecule has 1 amide bonds. The maximum atomic E-state index is 12.2. The van der Waals surface area contributed by atoms with E-state index in [0.29, 0.717) is 28.1 Å². The molecule has 0 aliphatic carbocycles. The van der Waals surface area contributed by atoms with Crippen molar-refractivity contribution in [3.8, 4) is 5.75 Å². The summed E-state index contributed by atoms with van der Waals surface area (Å²) in [6, 6.07) is 10.5. The van der Waals surface area contributed by atoms with Crippen LogP contribution in [0.3, 0.4) is 0 Å². The monoisotopic (exact) mass is 421 g/mol. The largest absolute Gasteiger partial charge is 0.484 e. The molecule has 0 aliphatic heterocycles. The molecule has 0 saturated heterocycles. The van der Waals surface area contributed by atoms with Gasteiger partial charge in [0.15, 0.2) is 5.76 Å². The van der Waals surface area contributed by atoms with E-state index in [0.717, 1.165) is 24.4 Å². The van der Waals surface area contributed by atoms with Crippen LogP contribution in [0, 0.1) is 13.8 Å². The Hall–Kier alpha value is -2.44. The van der Waals surface area contributed by atoms with Gasteiger partial charge >= 0.3 is 0 Å². The van der Waals surface area contributed by atoms with Crippen LogP contribution in [-0.4, -0.2) is 22.2 Å². The maximum absolute atomic E-state index is 12.2. The SMILES string of the molecule is Cc1cc(C)n(CCCNC(=O)c2ccc(COc3cccc(Cl)c3Cl)o2)n1. The summed E-state index contributed by atoms with van der Waals surface area (Å²) in [5.41, 5.74) is 2.10. The zero-order valence-corrected chi connectivity index (χ0v) is 17.2. The zero-order chi connectivity index (χ0) is 20.1. The lowest BCUT2D eigenvalue weighted by Gasteiger charge is -2.07. The molecule has 3 aromatic rings. The average molecular weight is 422 g/mol. The first-order chi connectivity index (χ1) is 13.4. The molecule has 0 aliphatic rings. The molecular formula is C20H21Cl2N3O3. The van der Waals surface area contributed by atoms with Crippen molar-refractivity contribution in [2.45, 2.75) is 33.4 Å². The summed E-state index contributed by atoms with van der Waals surface area (Å²) >= 11 is 12.0. The van der Waals surface area contributed by atoms with E-state index in [1.54, 1.807) is 30.3 Å². The highest BCUT2D eigenvalue weighted by Gasteiger charge is 2.12. The molecule has 3 rings (SSSR count). The van der Waals surface area contributed by atoms with Crippen molar-refractivity contribution >= 4 is 29.1 Å². The summed E-state index contributed by atoms with van der Waals surface area (Å²) in [6.45, 7) is 5.40. The third kappa shape index (κ3) is 5.09. The fourth-order valence-corrected chi connectivity index (χ4v) is 3.09. The highest BCUT2D eigenvalue weighted by molar-refractivity contribution is 6.42. The Kier molecular flexibility index (Phi) is 6.65. The molecule has 0 atom stereocenters. The van der Waals surface area contributed by atoms with Gasteiger partial charge in [-0.25, -0.2) is 0 Å². The van der Waals surface area contributed by atoms with Crippen LogP contribution in [0.5, 0.6) is 5.75 Å². The molecule has 1 N–H and O–H groups in total. The van der Waals surface area contributed by atoms with Gasteiger partial charge in [-0.05, 0) is 50.6 Å². The predicted octanol–water partition coefficient (Wildman–Crippen LogP) is 4.80. The molecule has 0 bridgehead atoms. The average Bonchev–Trinajstić information content (AvgIpc) is 3.26. The minimum Gasteiger partial charge on any atom is -0.484 e. The van der Waals surface area contributed by atoms with E-state index in [1.807, 2.05) is 24.6 Å². The molecule has 0 saturated carbocycles. The quantitative estimate of drug-likeness (QED) is 0.530. The smallest absolute Gasteiger partial charge is 0.286 e. The first-order valence-electron chi connectivity index (χ1n) is 8.89. The summed E-state index contributed by atoms with van der Waals surface area (Å²) in [6.07, 6.45) is 0.775. The van der Waals surface area contributed by atoms with Crippen molar-refractivity contribution in [3.05, 3.63) is 69.4 Å². The molecular weight excluding hydrogens is 401 g/mol. The highest BCUT2D eigenvalue weighted by Crippen LogP contribution is 2.32. The molecule has 2 heterocycles. The summed E-state index contributed by atoms with van der Waals surface area (Å²) in [4.78, 5) is 12.2. The topological polar surface area (TPSA) is 69.3 Å². The number of carbonyl (C=O) groups is 1. The molecule has 0 fully saturated rings. The molecule has 6 nitrogen and oxygen atoms in total. The molecule has 0 spiro atoms. The van der Waals surface area contributed by atoms with Crippen LogP contribution >= 0.6 is 23.2 Å². The second kappa shape index (κ2) is 9.17. The second-order valence-electron chi connectivity index (χ2n) is 6.37. The lowest BCUT2D eigenvalue weighted by Crippen LogP contribution is -2.25. The Morgan fingerprint density at radius 2 is 2.07 bits per heavy atom. The normalized spacial score (nSPS) is 10.9. The standard InChI is InChI=1S/C20H21Cl2N3O3/c1-13-11-14(2)25(24-13)10-4-9-23-20(26)18-8-7-15(28-18)12-27-17-6-3-5-16(21)19(17)22/h3,5-8,11H,4,9-10,12H2,1-2H3,(H,23,26). The number of aryl methyl sites for hydroxylation is 3. The summed E-state index contributed by atoms with van der Waals surface area (Å²) in [5.74, 6) is 0.951.